The lowest BCUT2D eigenvalue weighted by Crippen LogP contribution is -2.32. The second kappa shape index (κ2) is 11.8. The van der Waals surface area contributed by atoms with Crippen molar-refractivity contribution in [3.63, 3.8) is 0 Å². The molecule has 3 aromatic rings. The summed E-state index contributed by atoms with van der Waals surface area (Å²) < 4.78 is 18.8. The quantitative estimate of drug-likeness (QED) is 0.399. The number of furan rings is 1. The Morgan fingerprint density at radius 2 is 1.94 bits per heavy atom. The van der Waals surface area contributed by atoms with Crippen LogP contribution in [0, 0.1) is 0 Å². The van der Waals surface area contributed by atoms with Crippen LogP contribution in [-0.2, 0) is 11.3 Å². The molecule has 1 fully saturated rings. The third-order valence-electron chi connectivity index (χ3n) is 5.40. The van der Waals surface area contributed by atoms with Crippen molar-refractivity contribution in [3.05, 3.63) is 42.4 Å². The van der Waals surface area contributed by atoms with Crippen LogP contribution in [0.2, 0.25) is 0 Å². The zero-order valence-electron chi connectivity index (χ0n) is 19.7. The number of benzene rings is 1. The minimum absolute atomic E-state index is 0.160. The zero-order chi connectivity index (χ0) is 23.8. The first-order valence-corrected chi connectivity index (χ1v) is 12.7. The lowest BCUT2D eigenvalue weighted by molar-refractivity contribution is -0.113. The highest BCUT2D eigenvalue weighted by Crippen LogP contribution is 2.30. The SMILES string of the molecule is CCOc1ccc(OCC)c(NC(=O)CSc2nnc(N3CCCCC3)n2Cc2ccco2)c1. The fraction of sp³-hybridized carbons (Fsp3) is 0.458. The number of hydrogen-bond donors (Lipinski definition) is 1. The van der Waals surface area contributed by atoms with Gasteiger partial charge in [0.05, 0.1) is 37.5 Å². The number of nitrogens with one attached hydrogen (secondary N) is 1. The molecule has 0 radical (unpaired) electrons. The maximum Gasteiger partial charge on any atom is 0.234 e. The molecule has 182 valence electrons. The number of ether oxygens (including phenoxy) is 2. The Labute approximate surface area is 203 Å². The molecule has 2 aromatic heterocycles. The molecule has 1 aromatic carbocycles. The van der Waals surface area contributed by atoms with Crippen molar-refractivity contribution in [1.29, 1.82) is 0 Å². The normalized spacial score (nSPS) is 13.6. The molecule has 10 heteroatoms. The minimum atomic E-state index is -0.160. The minimum Gasteiger partial charge on any atom is -0.494 e. The molecule has 1 aliphatic heterocycles. The number of piperidine rings is 1. The number of aromatic nitrogens is 3. The van der Waals surface area contributed by atoms with Crippen LogP contribution in [0.25, 0.3) is 0 Å². The van der Waals surface area contributed by atoms with Crippen LogP contribution in [0.4, 0.5) is 11.6 Å². The molecule has 0 bridgehead atoms. The monoisotopic (exact) mass is 485 g/mol. The average molecular weight is 486 g/mol. The molecule has 0 saturated carbocycles. The van der Waals surface area contributed by atoms with E-state index in [2.05, 4.69) is 20.4 Å². The Hall–Kier alpha value is -3.14. The smallest absolute Gasteiger partial charge is 0.234 e. The van der Waals surface area contributed by atoms with Gasteiger partial charge in [0.2, 0.25) is 11.9 Å². The third kappa shape index (κ3) is 6.05. The van der Waals surface area contributed by atoms with E-state index in [-0.39, 0.29) is 11.7 Å². The Balaban J connectivity index is 1.47. The highest BCUT2D eigenvalue weighted by atomic mass is 32.2. The van der Waals surface area contributed by atoms with E-state index in [1.54, 1.807) is 12.3 Å². The van der Waals surface area contributed by atoms with Crippen LogP contribution in [-0.4, -0.2) is 52.7 Å². The second-order valence-corrected chi connectivity index (χ2v) is 8.80. The fourth-order valence-electron chi connectivity index (χ4n) is 3.87. The maximum atomic E-state index is 12.8. The predicted molar refractivity (Wildman–Crippen MR) is 132 cm³/mol. The van der Waals surface area contributed by atoms with E-state index < -0.39 is 0 Å². The number of hydrogen-bond acceptors (Lipinski definition) is 8. The van der Waals surface area contributed by atoms with Gasteiger partial charge < -0.3 is 24.1 Å². The molecule has 9 nitrogen and oxygen atoms in total. The highest BCUT2D eigenvalue weighted by Gasteiger charge is 2.22. The Morgan fingerprint density at radius 3 is 2.68 bits per heavy atom. The number of carbonyl (C=O) groups is 1. The summed E-state index contributed by atoms with van der Waals surface area (Å²) >= 11 is 1.35. The summed E-state index contributed by atoms with van der Waals surface area (Å²) in [6.45, 7) is 7.30. The van der Waals surface area contributed by atoms with Crippen LogP contribution >= 0.6 is 11.8 Å². The lowest BCUT2D eigenvalue weighted by atomic mass is 10.1. The first-order valence-electron chi connectivity index (χ1n) is 11.7. The molecule has 1 N–H and O–H groups in total. The van der Waals surface area contributed by atoms with E-state index in [4.69, 9.17) is 13.9 Å². The van der Waals surface area contributed by atoms with Crippen LogP contribution in [0.5, 0.6) is 11.5 Å². The Morgan fingerprint density at radius 1 is 1.12 bits per heavy atom. The van der Waals surface area contributed by atoms with E-state index >= 15 is 0 Å². The molecular formula is C24H31N5O4S. The van der Waals surface area contributed by atoms with Gasteiger partial charge >= 0.3 is 0 Å². The third-order valence-corrected chi connectivity index (χ3v) is 6.37. The molecule has 4 rings (SSSR count). The van der Waals surface area contributed by atoms with Crippen molar-refractivity contribution >= 4 is 29.3 Å². The van der Waals surface area contributed by atoms with Crippen molar-refractivity contribution in [2.45, 2.75) is 44.8 Å². The van der Waals surface area contributed by atoms with Crippen LogP contribution in [0.3, 0.4) is 0 Å². The molecule has 0 unspecified atom stereocenters. The number of anilines is 2. The summed E-state index contributed by atoms with van der Waals surface area (Å²) in [6, 6.07) is 9.22. The van der Waals surface area contributed by atoms with E-state index in [1.165, 1.54) is 18.2 Å². The van der Waals surface area contributed by atoms with Crippen LogP contribution < -0.4 is 19.7 Å². The number of nitrogens with zero attached hydrogens (tertiary/aromatic N) is 4. The van der Waals surface area contributed by atoms with Crippen molar-refractivity contribution in [1.82, 2.24) is 14.8 Å². The van der Waals surface area contributed by atoms with Crippen molar-refractivity contribution in [2.75, 3.05) is 42.3 Å². The molecular weight excluding hydrogens is 454 g/mol. The maximum absolute atomic E-state index is 12.8. The first kappa shape index (κ1) is 24.0. The zero-order valence-corrected chi connectivity index (χ0v) is 20.5. The lowest BCUT2D eigenvalue weighted by Gasteiger charge is -2.27. The summed E-state index contributed by atoms with van der Waals surface area (Å²) in [7, 11) is 0. The number of thioether (sulfide) groups is 1. The predicted octanol–water partition coefficient (Wildman–Crippen LogP) is 4.44. The number of amides is 1. The molecule has 0 atom stereocenters. The second-order valence-electron chi connectivity index (χ2n) is 7.86. The molecule has 3 heterocycles. The first-order chi connectivity index (χ1) is 16.7. The van der Waals surface area contributed by atoms with Gasteiger partial charge in [0.25, 0.3) is 0 Å². The Kier molecular flexibility index (Phi) is 8.35. The summed E-state index contributed by atoms with van der Waals surface area (Å²) in [4.78, 5) is 15.1. The Bertz CT molecular complexity index is 1060. The topological polar surface area (TPSA) is 94.6 Å². The van der Waals surface area contributed by atoms with Crippen molar-refractivity contribution in [3.8, 4) is 11.5 Å². The van der Waals surface area contributed by atoms with E-state index in [9.17, 15) is 4.79 Å². The largest absolute Gasteiger partial charge is 0.494 e. The van der Waals surface area contributed by atoms with Crippen LogP contribution in [0.15, 0.2) is 46.2 Å². The van der Waals surface area contributed by atoms with E-state index in [1.807, 2.05) is 42.7 Å². The summed E-state index contributed by atoms with van der Waals surface area (Å²) in [5.74, 6) is 2.95. The fourth-order valence-corrected chi connectivity index (χ4v) is 4.61. The molecule has 1 amide bonds. The van der Waals surface area contributed by atoms with Gasteiger partial charge in [0.1, 0.15) is 17.3 Å². The van der Waals surface area contributed by atoms with Crippen molar-refractivity contribution < 1.29 is 18.7 Å². The summed E-state index contributed by atoms with van der Waals surface area (Å²) in [6.07, 6.45) is 5.18. The summed E-state index contributed by atoms with van der Waals surface area (Å²) in [5.41, 5.74) is 0.587. The molecule has 0 spiro atoms. The van der Waals surface area contributed by atoms with Gasteiger partial charge in [-0.05, 0) is 57.4 Å². The van der Waals surface area contributed by atoms with E-state index in [0.717, 1.165) is 37.6 Å². The standard InChI is InChI=1S/C24H31N5O4S/c1-3-31-18-10-11-21(32-4-2)20(15-18)25-22(30)17-34-24-27-26-23(28-12-6-5-7-13-28)29(24)16-19-9-8-14-33-19/h8-11,14-15H,3-7,12-13,16-17H2,1-2H3,(H,25,30). The number of carbonyl (C=O) groups excluding carboxylic acids is 1. The van der Waals surface area contributed by atoms with Gasteiger partial charge in [-0.2, -0.15) is 0 Å². The van der Waals surface area contributed by atoms with Gasteiger partial charge in [0, 0.05) is 19.2 Å². The van der Waals surface area contributed by atoms with Gasteiger partial charge in [-0.25, -0.2) is 0 Å². The van der Waals surface area contributed by atoms with Crippen molar-refractivity contribution in [2.24, 2.45) is 0 Å². The molecule has 1 aliphatic rings. The van der Waals surface area contributed by atoms with Gasteiger partial charge in [-0.1, -0.05) is 11.8 Å². The van der Waals surface area contributed by atoms with Crippen LogP contribution in [0.1, 0.15) is 38.9 Å². The van der Waals surface area contributed by atoms with E-state index in [0.29, 0.717) is 42.1 Å². The molecule has 34 heavy (non-hydrogen) atoms. The van der Waals surface area contributed by atoms with Gasteiger partial charge in [0.15, 0.2) is 5.16 Å². The summed E-state index contributed by atoms with van der Waals surface area (Å²) in [5, 5.41) is 12.5. The number of rotatable bonds is 11. The average Bonchev–Trinajstić information content (AvgIpc) is 3.51. The molecule has 0 aliphatic carbocycles. The van der Waals surface area contributed by atoms with Gasteiger partial charge in [-0.3, -0.25) is 9.36 Å². The highest BCUT2D eigenvalue weighted by molar-refractivity contribution is 7.99. The molecule has 1 saturated heterocycles. The van der Waals surface area contributed by atoms with Gasteiger partial charge in [-0.15, -0.1) is 10.2 Å².